The smallest absolute Gasteiger partial charge is 0.325 e. The third-order valence-corrected chi connectivity index (χ3v) is 1.90. The highest BCUT2D eigenvalue weighted by molar-refractivity contribution is 5.81. The average molecular weight is 228 g/mol. The van der Waals surface area contributed by atoms with Gasteiger partial charge in [-0.2, -0.15) is 0 Å². The van der Waals surface area contributed by atoms with Gasteiger partial charge in [-0.3, -0.25) is 4.79 Å². The molecule has 0 unspecified atom stereocenters. The molecule has 0 aliphatic rings. The van der Waals surface area contributed by atoms with Crippen molar-refractivity contribution in [3.8, 4) is 0 Å². The fourth-order valence-electron chi connectivity index (χ4n) is 1.13. The minimum Gasteiger partial charge on any atom is -0.465 e. The van der Waals surface area contributed by atoms with E-state index in [1.54, 1.807) is 17.9 Å². The second-order valence-corrected chi connectivity index (χ2v) is 3.50. The van der Waals surface area contributed by atoms with Gasteiger partial charge in [-0.15, -0.1) is 6.58 Å². The van der Waals surface area contributed by atoms with E-state index in [1.807, 2.05) is 13.8 Å². The summed E-state index contributed by atoms with van der Waals surface area (Å²) < 4.78 is 4.70. The Bertz CT molecular complexity index is 252. The summed E-state index contributed by atoms with van der Waals surface area (Å²) >= 11 is 0. The first-order chi connectivity index (χ1) is 7.52. The number of carbonyl (C=O) groups is 2. The summed E-state index contributed by atoms with van der Waals surface area (Å²) in [5.41, 5.74) is 0. The van der Waals surface area contributed by atoms with Crippen LogP contribution in [0, 0.1) is 0 Å². The zero-order valence-corrected chi connectivity index (χ0v) is 10.2. The van der Waals surface area contributed by atoms with Crippen molar-refractivity contribution < 1.29 is 14.3 Å². The summed E-state index contributed by atoms with van der Waals surface area (Å²) in [6.07, 6.45) is 1.64. The SMILES string of the molecule is C=CCN(C(=O)NCC(=O)OCC)C(C)C. The number of rotatable bonds is 6. The number of nitrogens with zero attached hydrogens (tertiary/aromatic N) is 1. The van der Waals surface area contributed by atoms with Crippen LogP contribution in [0.5, 0.6) is 0 Å². The van der Waals surface area contributed by atoms with Gasteiger partial charge in [-0.1, -0.05) is 6.08 Å². The van der Waals surface area contributed by atoms with Gasteiger partial charge in [0, 0.05) is 12.6 Å². The molecule has 0 radical (unpaired) electrons. The van der Waals surface area contributed by atoms with Crippen LogP contribution < -0.4 is 5.32 Å². The van der Waals surface area contributed by atoms with Gasteiger partial charge in [-0.25, -0.2) is 4.79 Å². The van der Waals surface area contributed by atoms with Gasteiger partial charge >= 0.3 is 12.0 Å². The number of ether oxygens (including phenoxy) is 1. The van der Waals surface area contributed by atoms with E-state index in [9.17, 15) is 9.59 Å². The molecule has 0 fully saturated rings. The van der Waals surface area contributed by atoms with Crippen LogP contribution in [0.2, 0.25) is 0 Å². The molecule has 0 rings (SSSR count). The zero-order valence-electron chi connectivity index (χ0n) is 10.2. The summed E-state index contributed by atoms with van der Waals surface area (Å²) in [5.74, 6) is -0.432. The molecule has 0 aromatic rings. The molecule has 5 nitrogen and oxygen atoms in total. The predicted molar refractivity (Wildman–Crippen MR) is 62.1 cm³/mol. The first-order valence-electron chi connectivity index (χ1n) is 5.33. The fraction of sp³-hybridized carbons (Fsp3) is 0.636. The quantitative estimate of drug-likeness (QED) is 0.548. The lowest BCUT2D eigenvalue weighted by atomic mass is 10.3. The van der Waals surface area contributed by atoms with E-state index in [0.29, 0.717) is 13.2 Å². The summed E-state index contributed by atoms with van der Waals surface area (Å²) in [6, 6.07) is -0.233. The van der Waals surface area contributed by atoms with Crippen molar-refractivity contribution in [1.29, 1.82) is 0 Å². The van der Waals surface area contributed by atoms with Crippen molar-refractivity contribution in [3.05, 3.63) is 12.7 Å². The Kier molecular flexibility index (Phi) is 7.00. The Hall–Kier alpha value is -1.52. The number of nitrogens with one attached hydrogen (secondary N) is 1. The molecule has 0 aromatic heterocycles. The van der Waals surface area contributed by atoms with Gasteiger partial charge in [0.05, 0.1) is 6.61 Å². The lowest BCUT2D eigenvalue weighted by Gasteiger charge is -2.25. The first-order valence-corrected chi connectivity index (χ1v) is 5.33. The maximum Gasteiger partial charge on any atom is 0.325 e. The molecular formula is C11H20N2O3. The number of hydrogen-bond acceptors (Lipinski definition) is 3. The Morgan fingerprint density at radius 2 is 2.12 bits per heavy atom. The standard InChI is InChI=1S/C11H20N2O3/c1-5-7-13(9(3)4)11(15)12-8-10(14)16-6-2/h5,9H,1,6-8H2,2-4H3,(H,12,15). The number of carbonyl (C=O) groups excluding carboxylic acids is 2. The zero-order chi connectivity index (χ0) is 12.6. The third kappa shape index (κ3) is 5.38. The molecular weight excluding hydrogens is 208 g/mol. The van der Waals surface area contributed by atoms with Crippen LogP contribution in [0.1, 0.15) is 20.8 Å². The topological polar surface area (TPSA) is 58.6 Å². The molecule has 0 aromatic carbocycles. The van der Waals surface area contributed by atoms with Gasteiger partial charge in [0.15, 0.2) is 0 Å². The molecule has 1 N–H and O–H groups in total. The van der Waals surface area contributed by atoms with Crippen LogP contribution in [0.4, 0.5) is 4.79 Å². The number of hydrogen-bond donors (Lipinski definition) is 1. The van der Waals surface area contributed by atoms with E-state index in [1.165, 1.54) is 0 Å². The molecule has 16 heavy (non-hydrogen) atoms. The van der Waals surface area contributed by atoms with E-state index in [-0.39, 0.29) is 18.6 Å². The second kappa shape index (κ2) is 7.73. The van der Waals surface area contributed by atoms with E-state index in [2.05, 4.69) is 11.9 Å². The lowest BCUT2D eigenvalue weighted by Crippen LogP contribution is -2.45. The number of urea groups is 1. The minimum atomic E-state index is -0.432. The van der Waals surface area contributed by atoms with Crippen LogP contribution in [-0.4, -0.2) is 42.6 Å². The van der Waals surface area contributed by atoms with Crippen LogP contribution >= 0.6 is 0 Å². The molecule has 0 atom stereocenters. The molecule has 0 spiro atoms. The highest BCUT2D eigenvalue weighted by atomic mass is 16.5. The van der Waals surface area contributed by atoms with Crippen molar-refractivity contribution in [3.63, 3.8) is 0 Å². The van der Waals surface area contributed by atoms with E-state index in [4.69, 9.17) is 4.74 Å². The molecule has 0 saturated heterocycles. The Morgan fingerprint density at radius 1 is 1.50 bits per heavy atom. The normalized spacial score (nSPS) is 9.75. The van der Waals surface area contributed by atoms with E-state index < -0.39 is 5.97 Å². The van der Waals surface area contributed by atoms with Crippen LogP contribution in [0.25, 0.3) is 0 Å². The maximum atomic E-state index is 11.6. The minimum absolute atomic E-state index is 0.0557. The van der Waals surface area contributed by atoms with Crippen molar-refractivity contribution in [2.45, 2.75) is 26.8 Å². The molecule has 0 aliphatic carbocycles. The highest BCUT2D eigenvalue weighted by Crippen LogP contribution is 1.98. The predicted octanol–water partition coefficient (Wildman–Crippen LogP) is 1.16. The van der Waals surface area contributed by atoms with E-state index >= 15 is 0 Å². The maximum absolute atomic E-state index is 11.6. The van der Waals surface area contributed by atoms with Gasteiger partial charge in [-0.05, 0) is 20.8 Å². The van der Waals surface area contributed by atoms with Gasteiger partial charge in [0.1, 0.15) is 6.54 Å². The third-order valence-electron chi connectivity index (χ3n) is 1.90. The summed E-state index contributed by atoms with van der Waals surface area (Å²) in [4.78, 5) is 24.2. The summed E-state index contributed by atoms with van der Waals surface area (Å²) in [5, 5.41) is 2.50. The van der Waals surface area contributed by atoms with Crippen molar-refractivity contribution in [1.82, 2.24) is 10.2 Å². The number of amides is 2. The molecule has 0 heterocycles. The van der Waals surface area contributed by atoms with Crippen LogP contribution in [0.15, 0.2) is 12.7 Å². The van der Waals surface area contributed by atoms with Crippen LogP contribution in [-0.2, 0) is 9.53 Å². The Balaban J connectivity index is 4.10. The molecule has 0 bridgehead atoms. The van der Waals surface area contributed by atoms with Gasteiger partial charge < -0.3 is 15.0 Å². The molecule has 92 valence electrons. The Morgan fingerprint density at radius 3 is 2.56 bits per heavy atom. The van der Waals surface area contributed by atoms with Crippen LogP contribution in [0.3, 0.4) is 0 Å². The molecule has 0 aliphatic heterocycles. The summed E-state index contributed by atoms with van der Waals surface area (Å²) in [6.45, 7) is 9.75. The second-order valence-electron chi connectivity index (χ2n) is 3.50. The van der Waals surface area contributed by atoms with Crippen molar-refractivity contribution >= 4 is 12.0 Å². The molecule has 0 saturated carbocycles. The van der Waals surface area contributed by atoms with Gasteiger partial charge in [0.2, 0.25) is 0 Å². The lowest BCUT2D eigenvalue weighted by molar-refractivity contribution is -0.141. The molecule has 5 heteroatoms. The molecule has 2 amide bonds. The average Bonchev–Trinajstić information content (AvgIpc) is 2.22. The van der Waals surface area contributed by atoms with Gasteiger partial charge in [0.25, 0.3) is 0 Å². The fourth-order valence-corrected chi connectivity index (χ4v) is 1.13. The largest absolute Gasteiger partial charge is 0.465 e. The number of esters is 1. The van der Waals surface area contributed by atoms with Crippen molar-refractivity contribution in [2.24, 2.45) is 0 Å². The van der Waals surface area contributed by atoms with E-state index in [0.717, 1.165) is 0 Å². The van der Waals surface area contributed by atoms with Crippen molar-refractivity contribution in [2.75, 3.05) is 19.7 Å². The monoisotopic (exact) mass is 228 g/mol. The first kappa shape index (κ1) is 14.5. The summed E-state index contributed by atoms with van der Waals surface area (Å²) in [7, 11) is 0. The Labute approximate surface area is 96.4 Å². The highest BCUT2D eigenvalue weighted by Gasteiger charge is 2.15.